The number of rotatable bonds is 6. The number of hydrogen-bond acceptors (Lipinski definition) is 3. The molecule has 2 aliphatic heterocycles. The maximum Gasteiger partial charge on any atom is 0.0588 e. The quantitative estimate of drug-likeness (QED) is 0.787. The molecule has 3 heteroatoms. The number of nitrogens with zero attached hydrogens (tertiary/aromatic N) is 1. The molecule has 106 valence electrons. The van der Waals surface area contributed by atoms with Gasteiger partial charge in [-0.05, 0) is 57.7 Å². The van der Waals surface area contributed by atoms with E-state index in [4.69, 9.17) is 4.74 Å². The highest BCUT2D eigenvalue weighted by atomic mass is 16.5. The van der Waals surface area contributed by atoms with Crippen LogP contribution in [0.3, 0.4) is 0 Å². The summed E-state index contributed by atoms with van der Waals surface area (Å²) in [7, 11) is 0. The zero-order valence-electron chi connectivity index (χ0n) is 12.2. The zero-order valence-corrected chi connectivity index (χ0v) is 12.2. The van der Waals surface area contributed by atoms with Crippen LogP contribution < -0.4 is 5.32 Å². The Labute approximate surface area is 112 Å². The lowest BCUT2D eigenvalue weighted by Gasteiger charge is -2.33. The van der Waals surface area contributed by atoms with Crippen LogP contribution in [0.25, 0.3) is 0 Å². The van der Waals surface area contributed by atoms with Gasteiger partial charge in [0.15, 0.2) is 0 Å². The van der Waals surface area contributed by atoms with E-state index < -0.39 is 0 Å². The Balaban J connectivity index is 1.53. The normalized spacial score (nSPS) is 27.2. The monoisotopic (exact) mass is 254 g/mol. The van der Waals surface area contributed by atoms with Gasteiger partial charge in [-0.1, -0.05) is 13.8 Å². The first kappa shape index (κ1) is 14.3. The molecule has 0 saturated carbocycles. The highest BCUT2D eigenvalue weighted by Crippen LogP contribution is 2.16. The molecular formula is C15H30N2O. The summed E-state index contributed by atoms with van der Waals surface area (Å²) in [5.74, 6) is 0.800. The predicted octanol–water partition coefficient (Wildman–Crippen LogP) is 2.27. The second-order valence-corrected chi connectivity index (χ2v) is 6.35. The third kappa shape index (κ3) is 4.87. The Bertz CT molecular complexity index is 219. The summed E-state index contributed by atoms with van der Waals surface area (Å²) >= 11 is 0. The SMILES string of the molecule is CC(C)CN1CCC(NCCC2CCCO2)CC1. The summed E-state index contributed by atoms with van der Waals surface area (Å²) < 4.78 is 5.65. The third-order valence-corrected chi connectivity index (χ3v) is 4.13. The highest BCUT2D eigenvalue weighted by molar-refractivity contribution is 4.78. The van der Waals surface area contributed by atoms with E-state index in [9.17, 15) is 0 Å². The molecule has 0 bridgehead atoms. The van der Waals surface area contributed by atoms with E-state index in [1.54, 1.807) is 0 Å². The fourth-order valence-corrected chi connectivity index (χ4v) is 3.16. The summed E-state index contributed by atoms with van der Waals surface area (Å²) in [4.78, 5) is 2.61. The second-order valence-electron chi connectivity index (χ2n) is 6.35. The molecule has 2 aliphatic rings. The lowest BCUT2D eigenvalue weighted by Crippen LogP contribution is -2.44. The standard InChI is InChI=1S/C15H30N2O/c1-13(2)12-17-9-6-14(7-10-17)16-8-5-15-4-3-11-18-15/h13-16H,3-12H2,1-2H3. The fourth-order valence-electron chi connectivity index (χ4n) is 3.16. The maximum atomic E-state index is 5.65. The summed E-state index contributed by atoms with van der Waals surface area (Å²) in [6.45, 7) is 10.6. The Hall–Kier alpha value is -0.120. The van der Waals surface area contributed by atoms with Gasteiger partial charge in [-0.15, -0.1) is 0 Å². The number of hydrogen-bond donors (Lipinski definition) is 1. The molecule has 0 radical (unpaired) electrons. The first-order chi connectivity index (χ1) is 8.74. The van der Waals surface area contributed by atoms with Crippen LogP contribution in [-0.2, 0) is 4.74 Å². The van der Waals surface area contributed by atoms with Crippen molar-refractivity contribution in [2.75, 3.05) is 32.8 Å². The number of piperidine rings is 1. The lowest BCUT2D eigenvalue weighted by atomic mass is 10.0. The molecule has 0 aromatic heterocycles. The third-order valence-electron chi connectivity index (χ3n) is 4.13. The van der Waals surface area contributed by atoms with Crippen molar-refractivity contribution in [2.24, 2.45) is 5.92 Å². The summed E-state index contributed by atoms with van der Waals surface area (Å²) in [5.41, 5.74) is 0. The van der Waals surface area contributed by atoms with E-state index in [1.807, 2.05) is 0 Å². The van der Waals surface area contributed by atoms with Crippen LogP contribution in [-0.4, -0.2) is 49.8 Å². The molecular weight excluding hydrogens is 224 g/mol. The molecule has 1 unspecified atom stereocenters. The van der Waals surface area contributed by atoms with Gasteiger partial charge >= 0.3 is 0 Å². The van der Waals surface area contributed by atoms with E-state index >= 15 is 0 Å². The molecule has 0 aromatic carbocycles. The van der Waals surface area contributed by atoms with Crippen LogP contribution in [0.2, 0.25) is 0 Å². The Kier molecular flexibility index (Phi) is 5.93. The van der Waals surface area contributed by atoms with Crippen molar-refractivity contribution in [3.63, 3.8) is 0 Å². The van der Waals surface area contributed by atoms with Gasteiger partial charge in [-0.2, -0.15) is 0 Å². The van der Waals surface area contributed by atoms with Crippen LogP contribution in [0.1, 0.15) is 46.0 Å². The molecule has 2 saturated heterocycles. The van der Waals surface area contributed by atoms with E-state index in [1.165, 1.54) is 51.7 Å². The van der Waals surface area contributed by atoms with Gasteiger partial charge < -0.3 is 15.0 Å². The van der Waals surface area contributed by atoms with Crippen molar-refractivity contribution in [2.45, 2.75) is 58.1 Å². The Morgan fingerprint density at radius 1 is 1.22 bits per heavy atom. The van der Waals surface area contributed by atoms with E-state index in [0.717, 1.165) is 25.1 Å². The van der Waals surface area contributed by atoms with Gasteiger partial charge in [0.05, 0.1) is 6.10 Å². The molecule has 2 rings (SSSR count). The summed E-state index contributed by atoms with van der Waals surface area (Å²) in [6.07, 6.45) is 6.91. The van der Waals surface area contributed by atoms with Crippen molar-refractivity contribution in [3.8, 4) is 0 Å². The lowest BCUT2D eigenvalue weighted by molar-refractivity contribution is 0.102. The fraction of sp³-hybridized carbons (Fsp3) is 1.00. The van der Waals surface area contributed by atoms with Crippen LogP contribution in [0, 0.1) is 5.92 Å². The minimum atomic E-state index is 0.540. The van der Waals surface area contributed by atoms with Crippen LogP contribution in [0.4, 0.5) is 0 Å². The smallest absolute Gasteiger partial charge is 0.0588 e. The molecule has 2 heterocycles. The van der Waals surface area contributed by atoms with Crippen LogP contribution >= 0.6 is 0 Å². The maximum absolute atomic E-state index is 5.65. The molecule has 0 spiro atoms. The topological polar surface area (TPSA) is 24.5 Å². The van der Waals surface area contributed by atoms with E-state index in [2.05, 4.69) is 24.1 Å². The molecule has 2 fully saturated rings. The van der Waals surface area contributed by atoms with Gasteiger partial charge in [0.1, 0.15) is 0 Å². The Morgan fingerprint density at radius 3 is 2.61 bits per heavy atom. The molecule has 0 amide bonds. The number of nitrogens with one attached hydrogen (secondary N) is 1. The molecule has 0 aliphatic carbocycles. The average Bonchev–Trinajstić information content (AvgIpc) is 2.84. The molecule has 18 heavy (non-hydrogen) atoms. The van der Waals surface area contributed by atoms with Crippen LogP contribution in [0.5, 0.6) is 0 Å². The van der Waals surface area contributed by atoms with Crippen molar-refractivity contribution in [3.05, 3.63) is 0 Å². The first-order valence-electron chi connectivity index (χ1n) is 7.81. The van der Waals surface area contributed by atoms with E-state index in [0.29, 0.717) is 6.10 Å². The largest absolute Gasteiger partial charge is 0.378 e. The highest BCUT2D eigenvalue weighted by Gasteiger charge is 2.20. The first-order valence-corrected chi connectivity index (χ1v) is 7.81. The second kappa shape index (κ2) is 7.46. The Morgan fingerprint density at radius 2 is 2.00 bits per heavy atom. The summed E-state index contributed by atoms with van der Waals surface area (Å²) in [6, 6.07) is 0.745. The summed E-state index contributed by atoms with van der Waals surface area (Å²) in [5, 5.41) is 3.72. The molecule has 1 atom stereocenters. The molecule has 0 aromatic rings. The van der Waals surface area contributed by atoms with Gasteiger partial charge in [0.25, 0.3) is 0 Å². The van der Waals surface area contributed by atoms with Gasteiger partial charge in [-0.3, -0.25) is 0 Å². The minimum absolute atomic E-state index is 0.540. The van der Waals surface area contributed by atoms with Gasteiger partial charge in [0, 0.05) is 19.2 Å². The van der Waals surface area contributed by atoms with Crippen molar-refractivity contribution >= 4 is 0 Å². The zero-order chi connectivity index (χ0) is 12.8. The van der Waals surface area contributed by atoms with Crippen molar-refractivity contribution < 1.29 is 4.74 Å². The van der Waals surface area contributed by atoms with Gasteiger partial charge in [-0.25, -0.2) is 0 Å². The van der Waals surface area contributed by atoms with Crippen molar-refractivity contribution in [1.82, 2.24) is 10.2 Å². The van der Waals surface area contributed by atoms with Crippen LogP contribution in [0.15, 0.2) is 0 Å². The predicted molar refractivity (Wildman–Crippen MR) is 75.9 cm³/mol. The van der Waals surface area contributed by atoms with E-state index in [-0.39, 0.29) is 0 Å². The molecule has 3 nitrogen and oxygen atoms in total. The average molecular weight is 254 g/mol. The van der Waals surface area contributed by atoms with Gasteiger partial charge in [0.2, 0.25) is 0 Å². The number of ether oxygens (including phenoxy) is 1. The number of likely N-dealkylation sites (tertiary alicyclic amines) is 1. The minimum Gasteiger partial charge on any atom is -0.378 e. The molecule has 1 N–H and O–H groups in total. The van der Waals surface area contributed by atoms with Crippen molar-refractivity contribution in [1.29, 1.82) is 0 Å².